The average molecular weight is 411 g/mol. The number of likely N-dealkylation sites (tertiary alicyclic amines) is 1. The van der Waals surface area contributed by atoms with Gasteiger partial charge in [-0.1, -0.05) is 48.5 Å². The molecule has 0 bridgehead atoms. The zero-order chi connectivity index (χ0) is 20.9. The lowest BCUT2D eigenvalue weighted by molar-refractivity contribution is 0.0424. The van der Waals surface area contributed by atoms with E-state index in [1.54, 1.807) is 4.90 Å². The number of para-hydroxylation sites is 1. The molecule has 6 nitrogen and oxygen atoms in total. The van der Waals surface area contributed by atoms with E-state index in [9.17, 15) is 15.0 Å². The molecule has 4 rings (SSSR count). The highest BCUT2D eigenvalue weighted by atomic mass is 16.5. The summed E-state index contributed by atoms with van der Waals surface area (Å²) in [4.78, 5) is 15.9. The fourth-order valence-electron chi connectivity index (χ4n) is 4.56. The summed E-state index contributed by atoms with van der Waals surface area (Å²) in [6, 6.07) is 19.8. The van der Waals surface area contributed by atoms with Crippen molar-refractivity contribution in [1.82, 2.24) is 9.80 Å². The Kier molecular flexibility index (Phi) is 6.55. The van der Waals surface area contributed by atoms with Crippen LogP contribution in [0.1, 0.15) is 30.7 Å². The van der Waals surface area contributed by atoms with Gasteiger partial charge in [-0.05, 0) is 37.0 Å². The first kappa shape index (κ1) is 20.7. The number of ether oxygens (including phenoxy) is 1. The average Bonchev–Trinajstić information content (AvgIpc) is 3.55. The molecule has 2 fully saturated rings. The Morgan fingerprint density at radius 3 is 2.33 bits per heavy atom. The second-order valence-corrected chi connectivity index (χ2v) is 8.32. The molecule has 1 amide bonds. The quantitative estimate of drug-likeness (QED) is 0.698. The highest BCUT2D eigenvalue weighted by molar-refractivity contribution is 5.67. The van der Waals surface area contributed by atoms with Crippen LogP contribution in [0.4, 0.5) is 4.79 Å². The smallest absolute Gasteiger partial charge is 0.407 e. The molecule has 3 atom stereocenters. The monoisotopic (exact) mass is 410 g/mol. The van der Waals surface area contributed by atoms with E-state index in [1.807, 2.05) is 48.5 Å². The Labute approximate surface area is 177 Å². The van der Waals surface area contributed by atoms with Crippen LogP contribution in [0.15, 0.2) is 60.7 Å². The summed E-state index contributed by atoms with van der Waals surface area (Å²) in [7, 11) is 0. The van der Waals surface area contributed by atoms with E-state index in [-0.39, 0.29) is 18.7 Å². The molecule has 2 aliphatic rings. The number of carboxylic acid groups (broad SMARTS) is 1. The predicted molar refractivity (Wildman–Crippen MR) is 115 cm³/mol. The van der Waals surface area contributed by atoms with Crippen LogP contribution in [0.5, 0.6) is 5.75 Å². The molecule has 0 radical (unpaired) electrons. The summed E-state index contributed by atoms with van der Waals surface area (Å²) in [6.07, 6.45) is 1.13. The molecule has 1 heterocycles. The van der Waals surface area contributed by atoms with Gasteiger partial charge >= 0.3 is 6.09 Å². The van der Waals surface area contributed by atoms with Crippen LogP contribution in [0.2, 0.25) is 0 Å². The fourth-order valence-corrected chi connectivity index (χ4v) is 4.56. The Hall–Kier alpha value is -2.57. The number of benzene rings is 2. The molecule has 1 saturated heterocycles. The van der Waals surface area contributed by atoms with Gasteiger partial charge in [0.05, 0.1) is 0 Å². The summed E-state index contributed by atoms with van der Waals surface area (Å²) in [5.74, 6) is 1.07. The van der Waals surface area contributed by atoms with Gasteiger partial charge in [0.25, 0.3) is 0 Å². The lowest BCUT2D eigenvalue weighted by Crippen LogP contribution is -2.49. The van der Waals surface area contributed by atoms with Crippen molar-refractivity contribution in [2.24, 2.45) is 0 Å². The summed E-state index contributed by atoms with van der Waals surface area (Å²) in [6.45, 7) is 2.38. The van der Waals surface area contributed by atoms with Crippen molar-refractivity contribution in [1.29, 1.82) is 0 Å². The minimum Gasteiger partial charge on any atom is -0.491 e. The van der Waals surface area contributed by atoms with Crippen LogP contribution in [0.25, 0.3) is 0 Å². The standard InChI is InChI=1S/C24H30N2O4/c27-20(17-30-21-9-5-2-6-10-21)16-25-13-11-19(12-14-25)26(24(28)29)23-15-22(23)18-7-3-1-4-8-18/h1-10,19-20,22-23,27H,11-17H2,(H,28,29). The van der Waals surface area contributed by atoms with E-state index >= 15 is 0 Å². The van der Waals surface area contributed by atoms with Crippen molar-refractivity contribution < 1.29 is 19.7 Å². The lowest BCUT2D eigenvalue weighted by Gasteiger charge is -2.38. The zero-order valence-corrected chi connectivity index (χ0v) is 17.1. The van der Waals surface area contributed by atoms with Gasteiger partial charge in [-0.15, -0.1) is 0 Å². The molecule has 1 saturated carbocycles. The molecule has 30 heavy (non-hydrogen) atoms. The van der Waals surface area contributed by atoms with Gasteiger partial charge in [-0.2, -0.15) is 0 Å². The molecular weight excluding hydrogens is 380 g/mol. The summed E-state index contributed by atoms with van der Waals surface area (Å²) in [5, 5.41) is 20.2. The molecule has 2 N–H and O–H groups in total. The first-order valence-electron chi connectivity index (χ1n) is 10.8. The molecule has 1 aliphatic heterocycles. The first-order valence-corrected chi connectivity index (χ1v) is 10.8. The number of β-amino-alcohol motifs (C(OH)–C–C–N with tert-alkyl or cyclic N) is 1. The second kappa shape index (κ2) is 9.49. The molecule has 0 spiro atoms. The van der Waals surface area contributed by atoms with Gasteiger partial charge in [-0.25, -0.2) is 4.79 Å². The maximum atomic E-state index is 12.0. The highest BCUT2D eigenvalue weighted by Gasteiger charge is 2.47. The number of amides is 1. The van der Waals surface area contributed by atoms with Crippen molar-refractivity contribution in [2.75, 3.05) is 26.2 Å². The number of aliphatic hydroxyl groups is 1. The molecule has 2 aromatic rings. The third-order valence-electron chi connectivity index (χ3n) is 6.17. The molecule has 6 heteroatoms. The number of piperidine rings is 1. The minimum atomic E-state index is -0.812. The number of hydrogen-bond donors (Lipinski definition) is 2. The lowest BCUT2D eigenvalue weighted by atomic mass is 10.0. The van der Waals surface area contributed by atoms with Crippen LogP contribution in [0.3, 0.4) is 0 Å². The molecule has 3 unspecified atom stereocenters. The molecular formula is C24H30N2O4. The predicted octanol–water partition coefficient (Wildman–Crippen LogP) is 3.43. The largest absolute Gasteiger partial charge is 0.491 e. The van der Waals surface area contributed by atoms with Crippen molar-refractivity contribution in [3.05, 3.63) is 66.2 Å². The Morgan fingerprint density at radius 2 is 1.70 bits per heavy atom. The van der Waals surface area contributed by atoms with Crippen LogP contribution in [0, 0.1) is 0 Å². The number of hydrogen-bond acceptors (Lipinski definition) is 4. The third-order valence-corrected chi connectivity index (χ3v) is 6.17. The minimum absolute atomic E-state index is 0.0511. The number of aliphatic hydroxyl groups excluding tert-OH is 1. The highest BCUT2D eigenvalue weighted by Crippen LogP contribution is 2.46. The van der Waals surface area contributed by atoms with Crippen LogP contribution in [-0.4, -0.2) is 70.5 Å². The van der Waals surface area contributed by atoms with Crippen molar-refractivity contribution >= 4 is 6.09 Å². The second-order valence-electron chi connectivity index (χ2n) is 8.32. The SMILES string of the molecule is O=C(O)N(C1CCN(CC(O)COc2ccccc2)CC1)C1CC1c1ccccc1. The van der Waals surface area contributed by atoms with Gasteiger partial charge in [0.1, 0.15) is 18.5 Å². The van der Waals surface area contributed by atoms with Crippen molar-refractivity contribution in [2.45, 2.75) is 43.4 Å². The van der Waals surface area contributed by atoms with Crippen LogP contribution < -0.4 is 4.74 Å². The van der Waals surface area contributed by atoms with E-state index in [0.717, 1.165) is 38.1 Å². The zero-order valence-electron chi connectivity index (χ0n) is 17.1. The Bertz CT molecular complexity index is 808. The molecule has 2 aromatic carbocycles. The summed E-state index contributed by atoms with van der Waals surface area (Å²) >= 11 is 0. The van der Waals surface area contributed by atoms with E-state index < -0.39 is 12.2 Å². The maximum Gasteiger partial charge on any atom is 0.407 e. The molecule has 1 aliphatic carbocycles. The number of carbonyl (C=O) groups is 1. The number of nitrogens with zero attached hydrogens (tertiary/aromatic N) is 2. The van der Waals surface area contributed by atoms with Gasteiger partial charge in [-0.3, -0.25) is 0 Å². The molecule has 0 aromatic heterocycles. The Balaban J connectivity index is 1.24. The maximum absolute atomic E-state index is 12.0. The van der Waals surface area contributed by atoms with Crippen molar-refractivity contribution in [3.8, 4) is 5.75 Å². The first-order chi connectivity index (χ1) is 14.6. The van der Waals surface area contributed by atoms with Crippen LogP contribution >= 0.6 is 0 Å². The fraction of sp³-hybridized carbons (Fsp3) is 0.458. The number of rotatable bonds is 8. The van der Waals surface area contributed by atoms with Crippen LogP contribution in [-0.2, 0) is 0 Å². The Morgan fingerprint density at radius 1 is 1.07 bits per heavy atom. The topological polar surface area (TPSA) is 73.2 Å². The van der Waals surface area contributed by atoms with E-state index in [1.165, 1.54) is 5.56 Å². The third kappa shape index (κ3) is 5.12. The normalized spacial score (nSPS) is 23.0. The van der Waals surface area contributed by atoms with Gasteiger partial charge in [0, 0.05) is 37.6 Å². The molecule has 160 valence electrons. The van der Waals surface area contributed by atoms with Gasteiger partial charge < -0.3 is 24.7 Å². The van der Waals surface area contributed by atoms with Crippen molar-refractivity contribution in [3.63, 3.8) is 0 Å². The van der Waals surface area contributed by atoms with E-state index in [0.29, 0.717) is 12.5 Å². The van der Waals surface area contributed by atoms with E-state index in [2.05, 4.69) is 17.0 Å². The summed E-state index contributed by atoms with van der Waals surface area (Å²) < 4.78 is 5.63. The van der Waals surface area contributed by atoms with Gasteiger partial charge in [0.2, 0.25) is 0 Å². The van der Waals surface area contributed by atoms with Gasteiger partial charge in [0.15, 0.2) is 0 Å². The summed E-state index contributed by atoms with van der Waals surface area (Å²) in [5.41, 5.74) is 1.23. The van der Waals surface area contributed by atoms with E-state index in [4.69, 9.17) is 4.74 Å².